The van der Waals surface area contributed by atoms with Crippen LogP contribution < -0.4 is 4.74 Å². The number of benzene rings is 1. The van der Waals surface area contributed by atoms with E-state index >= 15 is 0 Å². The zero-order chi connectivity index (χ0) is 18.1. The molecule has 2 rings (SSSR count). The first-order chi connectivity index (χ1) is 12.1. The number of hydrogen-bond acceptors (Lipinski definition) is 4. The summed E-state index contributed by atoms with van der Waals surface area (Å²) in [5.41, 5.74) is 0. The molecule has 1 aliphatic rings. The van der Waals surface area contributed by atoms with Crippen molar-refractivity contribution in [2.75, 3.05) is 13.2 Å². The number of carbonyl (C=O) groups is 1. The van der Waals surface area contributed by atoms with Crippen LogP contribution in [0.15, 0.2) is 29.2 Å². The van der Waals surface area contributed by atoms with E-state index in [0.717, 1.165) is 44.3 Å². The number of unbranched alkanes of at least 4 members (excludes halogenated alkanes) is 3. The van der Waals surface area contributed by atoms with Crippen LogP contribution in [-0.2, 0) is 20.3 Å². The fourth-order valence-electron chi connectivity index (χ4n) is 2.88. The molecule has 140 valence electrons. The van der Waals surface area contributed by atoms with Gasteiger partial charge in [-0.25, -0.2) is 0 Å². The average Bonchev–Trinajstić information content (AvgIpc) is 2.62. The van der Waals surface area contributed by atoms with Crippen molar-refractivity contribution in [3.8, 4) is 5.75 Å². The number of aliphatic carboxylic acids is 1. The van der Waals surface area contributed by atoms with E-state index in [-0.39, 0.29) is 6.10 Å². The predicted molar refractivity (Wildman–Crippen MR) is 97.5 cm³/mol. The Balaban J connectivity index is 1.93. The van der Waals surface area contributed by atoms with Gasteiger partial charge in [0.25, 0.3) is 0 Å². The van der Waals surface area contributed by atoms with Gasteiger partial charge in [-0.15, -0.1) is 0 Å². The highest BCUT2D eigenvalue weighted by atomic mass is 32.2. The van der Waals surface area contributed by atoms with E-state index in [1.165, 1.54) is 0 Å². The lowest BCUT2D eigenvalue weighted by Gasteiger charge is -2.23. The largest absolute Gasteiger partial charge is 0.490 e. The minimum atomic E-state index is -1.55. The Hall–Kier alpha value is -1.40. The molecule has 25 heavy (non-hydrogen) atoms. The van der Waals surface area contributed by atoms with Gasteiger partial charge in [0.15, 0.2) is 0 Å². The van der Waals surface area contributed by atoms with E-state index in [2.05, 4.69) is 6.92 Å². The molecular formula is C19H28O5S. The molecule has 0 aromatic heterocycles. The van der Waals surface area contributed by atoms with Crippen LogP contribution in [0.5, 0.6) is 5.75 Å². The summed E-state index contributed by atoms with van der Waals surface area (Å²) in [4.78, 5) is 12.0. The second-order valence-electron chi connectivity index (χ2n) is 6.37. The van der Waals surface area contributed by atoms with Crippen molar-refractivity contribution in [2.24, 2.45) is 0 Å². The molecule has 0 radical (unpaired) electrons. The SMILES string of the molecule is CCCCCCC(C(=O)O)S(=O)c1ccc(OC2CCOCC2)cc1. The number of ether oxygens (including phenoxy) is 2. The molecule has 0 bridgehead atoms. The van der Waals surface area contributed by atoms with E-state index in [1.807, 2.05) is 0 Å². The summed E-state index contributed by atoms with van der Waals surface area (Å²) in [5.74, 6) is -0.264. The lowest BCUT2D eigenvalue weighted by atomic mass is 10.1. The van der Waals surface area contributed by atoms with Crippen molar-refractivity contribution in [1.29, 1.82) is 0 Å². The van der Waals surface area contributed by atoms with Crippen molar-refractivity contribution in [2.45, 2.75) is 68.1 Å². The zero-order valence-corrected chi connectivity index (χ0v) is 15.6. The summed E-state index contributed by atoms with van der Waals surface area (Å²) in [7, 11) is -1.55. The molecule has 1 aromatic rings. The van der Waals surface area contributed by atoms with E-state index < -0.39 is 22.0 Å². The van der Waals surface area contributed by atoms with Crippen molar-refractivity contribution < 1.29 is 23.6 Å². The second kappa shape index (κ2) is 10.6. The first-order valence-electron chi connectivity index (χ1n) is 9.09. The smallest absolute Gasteiger partial charge is 0.319 e. The van der Waals surface area contributed by atoms with Crippen LogP contribution in [-0.4, -0.2) is 39.9 Å². The van der Waals surface area contributed by atoms with E-state index in [9.17, 15) is 14.1 Å². The third-order valence-electron chi connectivity index (χ3n) is 4.38. The lowest BCUT2D eigenvalue weighted by molar-refractivity contribution is -0.136. The number of hydrogen-bond donors (Lipinski definition) is 1. The summed E-state index contributed by atoms with van der Waals surface area (Å²) in [6.07, 6.45) is 6.28. The molecule has 2 atom stereocenters. The van der Waals surface area contributed by atoms with Crippen molar-refractivity contribution in [3.63, 3.8) is 0 Å². The molecule has 0 aliphatic carbocycles. The van der Waals surface area contributed by atoms with Crippen molar-refractivity contribution in [1.82, 2.24) is 0 Å². The van der Waals surface area contributed by atoms with Crippen LogP contribution in [0.2, 0.25) is 0 Å². The Labute approximate surface area is 152 Å². The predicted octanol–water partition coefficient (Wildman–Crippen LogP) is 3.78. The highest BCUT2D eigenvalue weighted by molar-refractivity contribution is 7.86. The Bertz CT molecular complexity index is 551. The molecule has 1 fully saturated rings. The van der Waals surface area contributed by atoms with Crippen LogP contribution in [0.3, 0.4) is 0 Å². The lowest BCUT2D eigenvalue weighted by Crippen LogP contribution is -2.26. The number of carboxylic acid groups (broad SMARTS) is 1. The second-order valence-corrected chi connectivity index (χ2v) is 8.01. The molecule has 1 N–H and O–H groups in total. The summed E-state index contributed by atoms with van der Waals surface area (Å²) >= 11 is 0. The minimum Gasteiger partial charge on any atom is -0.490 e. The van der Waals surface area contributed by atoms with Gasteiger partial charge < -0.3 is 14.6 Å². The Morgan fingerprint density at radius 2 is 1.92 bits per heavy atom. The maximum Gasteiger partial charge on any atom is 0.319 e. The third kappa shape index (κ3) is 6.44. The van der Waals surface area contributed by atoms with Gasteiger partial charge in [0.2, 0.25) is 0 Å². The van der Waals surface area contributed by atoms with Gasteiger partial charge in [-0.05, 0) is 30.7 Å². The van der Waals surface area contributed by atoms with E-state index in [4.69, 9.17) is 9.47 Å². The first kappa shape index (κ1) is 19.9. The van der Waals surface area contributed by atoms with Gasteiger partial charge in [-0.2, -0.15) is 0 Å². The molecule has 0 spiro atoms. The van der Waals surface area contributed by atoms with Crippen LogP contribution in [0.4, 0.5) is 0 Å². The molecule has 1 saturated heterocycles. The summed E-state index contributed by atoms with van der Waals surface area (Å²) in [5, 5.41) is 8.55. The molecular weight excluding hydrogens is 340 g/mol. The van der Waals surface area contributed by atoms with Gasteiger partial charge in [-0.1, -0.05) is 32.6 Å². The molecule has 1 aliphatic heterocycles. The van der Waals surface area contributed by atoms with Crippen molar-refractivity contribution >= 4 is 16.8 Å². The topological polar surface area (TPSA) is 72.8 Å². The number of carboxylic acids is 1. The van der Waals surface area contributed by atoms with Crippen LogP contribution in [0, 0.1) is 0 Å². The van der Waals surface area contributed by atoms with E-state index in [1.54, 1.807) is 24.3 Å². The standard InChI is InChI=1S/C19H28O5S/c1-2-3-4-5-6-18(19(20)21)25(22)17-9-7-15(8-10-17)24-16-11-13-23-14-12-16/h7-10,16,18H,2-6,11-14H2,1H3,(H,20,21). The van der Waals surface area contributed by atoms with Crippen LogP contribution in [0.25, 0.3) is 0 Å². The Morgan fingerprint density at radius 1 is 1.24 bits per heavy atom. The average molecular weight is 368 g/mol. The highest BCUT2D eigenvalue weighted by Crippen LogP contribution is 2.22. The quantitative estimate of drug-likeness (QED) is 0.636. The maximum atomic E-state index is 12.6. The van der Waals surface area contributed by atoms with Crippen LogP contribution >= 0.6 is 0 Å². The molecule has 1 heterocycles. The number of rotatable bonds is 10. The van der Waals surface area contributed by atoms with Gasteiger partial charge in [-0.3, -0.25) is 9.00 Å². The van der Waals surface area contributed by atoms with Gasteiger partial charge in [0.1, 0.15) is 17.1 Å². The zero-order valence-electron chi connectivity index (χ0n) is 14.8. The molecule has 5 nitrogen and oxygen atoms in total. The normalized spacial score (nSPS) is 17.8. The molecule has 2 unspecified atom stereocenters. The summed E-state index contributed by atoms with van der Waals surface area (Å²) in [6.45, 7) is 3.53. The molecule has 1 aromatic carbocycles. The Morgan fingerprint density at radius 3 is 2.52 bits per heavy atom. The minimum absolute atomic E-state index is 0.149. The summed E-state index contributed by atoms with van der Waals surface area (Å²) in [6, 6.07) is 6.98. The van der Waals surface area contributed by atoms with Crippen molar-refractivity contribution in [3.05, 3.63) is 24.3 Å². The van der Waals surface area contributed by atoms with Crippen LogP contribution in [0.1, 0.15) is 51.9 Å². The first-order valence-corrected chi connectivity index (χ1v) is 10.3. The summed E-state index contributed by atoms with van der Waals surface area (Å²) < 4.78 is 23.8. The molecule has 6 heteroatoms. The monoisotopic (exact) mass is 368 g/mol. The Kier molecular flexibility index (Phi) is 8.41. The third-order valence-corrected chi connectivity index (χ3v) is 6.07. The molecule has 0 saturated carbocycles. The van der Waals surface area contributed by atoms with Gasteiger partial charge in [0.05, 0.1) is 24.0 Å². The fourth-order valence-corrected chi connectivity index (χ4v) is 4.18. The molecule has 0 amide bonds. The van der Waals surface area contributed by atoms with Gasteiger partial charge in [0, 0.05) is 17.7 Å². The van der Waals surface area contributed by atoms with Gasteiger partial charge >= 0.3 is 5.97 Å². The highest BCUT2D eigenvalue weighted by Gasteiger charge is 2.25. The fraction of sp³-hybridized carbons (Fsp3) is 0.632. The maximum absolute atomic E-state index is 12.6. The van der Waals surface area contributed by atoms with E-state index in [0.29, 0.717) is 24.5 Å².